The number of pyridine rings is 1. The average Bonchev–Trinajstić information content (AvgIpc) is 2.36. The normalized spacial score (nSPS) is 13.4. The van der Waals surface area contributed by atoms with E-state index in [0.717, 1.165) is 6.20 Å². The molecule has 0 fully saturated rings. The van der Waals surface area contributed by atoms with E-state index in [1.165, 1.54) is 18.3 Å². The maximum atomic E-state index is 12.8. The molecule has 0 aliphatic rings. The lowest BCUT2D eigenvalue weighted by molar-refractivity contribution is -0.141. The Balaban J connectivity index is 2.44. The molecule has 0 saturated heterocycles. The molecule has 0 aliphatic carbocycles. The molecule has 0 aliphatic heterocycles. The van der Waals surface area contributed by atoms with E-state index in [-0.39, 0.29) is 11.8 Å². The Morgan fingerprint density at radius 3 is 2.65 bits per heavy atom. The number of carboxylic acids is 1. The summed E-state index contributed by atoms with van der Waals surface area (Å²) in [4.78, 5) is 14.4. The van der Waals surface area contributed by atoms with Gasteiger partial charge in [-0.05, 0) is 23.4 Å². The maximum Gasteiger partial charge on any atom is 0.418 e. The van der Waals surface area contributed by atoms with E-state index in [2.05, 4.69) is 4.98 Å². The molecule has 1 aromatic heterocycles. The van der Waals surface area contributed by atoms with Crippen molar-refractivity contribution in [2.45, 2.75) is 19.5 Å². The number of carbonyl (C=O) groups is 1. The van der Waals surface area contributed by atoms with E-state index >= 15 is 0 Å². The minimum atomic E-state index is -4.46. The van der Waals surface area contributed by atoms with Gasteiger partial charge in [-0.1, -0.05) is 19.1 Å². The lowest BCUT2D eigenvalue weighted by Crippen LogP contribution is -2.12. The molecule has 2 rings (SSSR count). The van der Waals surface area contributed by atoms with Gasteiger partial charge in [0, 0.05) is 17.8 Å². The molecule has 0 amide bonds. The molecule has 3 nitrogen and oxygen atoms in total. The van der Waals surface area contributed by atoms with Crippen LogP contribution in [-0.2, 0) is 17.4 Å². The fourth-order valence-corrected chi connectivity index (χ4v) is 2.02. The SMILES string of the molecule is CC(Cc1ccc2c(C(F)(F)F)cncc2c1)C(=O)O. The molecule has 0 spiro atoms. The summed E-state index contributed by atoms with van der Waals surface area (Å²) in [5.74, 6) is -1.53. The largest absolute Gasteiger partial charge is 0.481 e. The predicted octanol–water partition coefficient (Wildman–Crippen LogP) is 3.52. The van der Waals surface area contributed by atoms with Gasteiger partial charge in [-0.2, -0.15) is 13.2 Å². The number of fused-ring (bicyclic) bond motifs is 1. The Bertz CT molecular complexity index is 652. The minimum Gasteiger partial charge on any atom is -0.481 e. The molecule has 106 valence electrons. The lowest BCUT2D eigenvalue weighted by Gasteiger charge is -2.11. The Hall–Kier alpha value is -2.11. The molecule has 0 radical (unpaired) electrons. The van der Waals surface area contributed by atoms with Crippen LogP contribution in [-0.4, -0.2) is 16.1 Å². The highest BCUT2D eigenvalue weighted by Crippen LogP contribution is 2.34. The van der Waals surface area contributed by atoms with Crippen molar-refractivity contribution in [3.05, 3.63) is 41.7 Å². The van der Waals surface area contributed by atoms with Gasteiger partial charge < -0.3 is 5.11 Å². The molecule has 1 atom stereocenters. The number of alkyl halides is 3. The van der Waals surface area contributed by atoms with Crippen molar-refractivity contribution in [3.8, 4) is 0 Å². The Labute approximate surface area is 113 Å². The van der Waals surface area contributed by atoms with E-state index in [1.807, 2.05) is 0 Å². The highest BCUT2D eigenvalue weighted by molar-refractivity contribution is 5.86. The second-order valence-corrected chi connectivity index (χ2v) is 4.68. The van der Waals surface area contributed by atoms with Crippen LogP contribution in [0.1, 0.15) is 18.1 Å². The number of halogens is 3. The summed E-state index contributed by atoms with van der Waals surface area (Å²) in [6, 6.07) is 4.44. The van der Waals surface area contributed by atoms with E-state index < -0.39 is 23.6 Å². The number of aromatic nitrogens is 1. The van der Waals surface area contributed by atoms with Crippen LogP contribution in [0.3, 0.4) is 0 Å². The third kappa shape index (κ3) is 2.89. The summed E-state index contributed by atoms with van der Waals surface area (Å²) in [6.45, 7) is 1.55. The molecule has 0 bridgehead atoms. The van der Waals surface area contributed by atoms with Crippen LogP contribution in [0.2, 0.25) is 0 Å². The first kappa shape index (κ1) is 14.3. The number of carboxylic acid groups (broad SMARTS) is 1. The first-order valence-corrected chi connectivity index (χ1v) is 5.95. The molecule has 2 aromatic rings. The zero-order valence-corrected chi connectivity index (χ0v) is 10.6. The molecule has 1 unspecified atom stereocenters. The van der Waals surface area contributed by atoms with E-state index in [9.17, 15) is 18.0 Å². The number of aliphatic carboxylic acids is 1. The first-order valence-electron chi connectivity index (χ1n) is 5.95. The topological polar surface area (TPSA) is 50.2 Å². The smallest absolute Gasteiger partial charge is 0.418 e. The first-order chi connectivity index (χ1) is 9.29. The quantitative estimate of drug-likeness (QED) is 0.937. The molecule has 0 saturated carbocycles. The number of benzene rings is 1. The van der Waals surface area contributed by atoms with Gasteiger partial charge in [-0.3, -0.25) is 9.78 Å². The molecule has 1 aromatic carbocycles. The van der Waals surface area contributed by atoms with Crippen LogP contribution in [0, 0.1) is 5.92 Å². The van der Waals surface area contributed by atoms with Gasteiger partial charge >= 0.3 is 12.1 Å². The van der Waals surface area contributed by atoms with Crippen molar-refractivity contribution in [1.29, 1.82) is 0 Å². The minimum absolute atomic E-state index is 0.0687. The van der Waals surface area contributed by atoms with Crippen LogP contribution < -0.4 is 0 Å². The fourth-order valence-electron chi connectivity index (χ4n) is 2.02. The van der Waals surface area contributed by atoms with E-state index in [0.29, 0.717) is 10.9 Å². The highest BCUT2D eigenvalue weighted by Gasteiger charge is 2.32. The summed E-state index contributed by atoms with van der Waals surface area (Å²) >= 11 is 0. The van der Waals surface area contributed by atoms with Crippen LogP contribution in [0.15, 0.2) is 30.6 Å². The van der Waals surface area contributed by atoms with Gasteiger partial charge in [-0.15, -0.1) is 0 Å². The Morgan fingerprint density at radius 2 is 2.05 bits per heavy atom. The van der Waals surface area contributed by atoms with E-state index in [4.69, 9.17) is 5.11 Å². The maximum absolute atomic E-state index is 12.8. The molecule has 20 heavy (non-hydrogen) atoms. The van der Waals surface area contributed by atoms with Gasteiger partial charge in [0.05, 0.1) is 11.5 Å². The average molecular weight is 283 g/mol. The molecule has 1 heterocycles. The summed E-state index contributed by atoms with van der Waals surface area (Å²) in [5.41, 5.74) is -0.110. The molecular formula is C14H12F3NO2. The van der Waals surface area contributed by atoms with Crippen molar-refractivity contribution >= 4 is 16.7 Å². The van der Waals surface area contributed by atoms with E-state index in [1.54, 1.807) is 13.0 Å². The zero-order valence-electron chi connectivity index (χ0n) is 10.6. The number of rotatable bonds is 3. The number of nitrogens with zero attached hydrogens (tertiary/aromatic N) is 1. The summed E-state index contributed by atoms with van der Waals surface area (Å²) in [5, 5.41) is 9.27. The highest BCUT2D eigenvalue weighted by atomic mass is 19.4. The van der Waals surface area contributed by atoms with Gasteiger partial charge in [0.25, 0.3) is 0 Å². The number of hydrogen-bond donors (Lipinski definition) is 1. The summed E-state index contributed by atoms with van der Waals surface area (Å²) in [6.07, 6.45) is -2.05. The monoisotopic (exact) mass is 283 g/mol. The fraction of sp³-hybridized carbons (Fsp3) is 0.286. The van der Waals surface area contributed by atoms with Gasteiger partial charge in [-0.25, -0.2) is 0 Å². The lowest BCUT2D eigenvalue weighted by atomic mass is 9.98. The van der Waals surface area contributed by atoms with Crippen LogP contribution in [0.5, 0.6) is 0 Å². The van der Waals surface area contributed by atoms with Gasteiger partial charge in [0.1, 0.15) is 0 Å². The van der Waals surface area contributed by atoms with Crippen LogP contribution in [0.25, 0.3) is 10.8 Å². The van der Waals surface area contributed by atoms with Crippen molar-refractivity contribution in [1.82, 2.24) is 4.98 Å². The number of hydrogen-bond acceptors (Lipinski definition) is 2. The Morgan fingerprint density at radius 1 is 1.35 bits per heavy atom. The predicted molar refractivity (Wildman–Crippen MR) is 67.2 cm³/mol. The molecular weight excluding hydrogens is 271 g/mol. The molecule has 6 heteroatoms. The van der Waals surface area contributed by atoms with Gasteiger partial charge in [0.2, 0.25) is 0 Å². The van der Waals surface area contributed by atoms with Crippen LogP contribution in [0.4, 0.5) is 13.2 Å². The second-order valence-electron chi connectivity index (χ2n) is 4.68. The third-order valence-electron chi connectivity index (χ3n) is 3.09. The summed E-state index contributed by atoms with van der Waals surface area (Å²) in [7, 11) is 0. The Kier molecular flexibility index (Phi) is 3.65. The van der Waals surface area contributed by atoms with Crippen molar-refractivity contribution in [3.63, 3.8) is 0 Å². The zero-order chi connectivity index (χ0) is 14.9. The van der Waals surface area contributed by atoms with Gasteiger partial charge in [0.15, 0.2) is 0 Å². The standard InChI is InChI=1S/C14H12F3NO2/c1-8(13(19)20)4-9-2-3-11-10(5-9)6-18-7-12(11)14(15,16)17/h2-3,5-8H,4H2,1H3,(H,19,20). The van der Waals surface area contributed by atoms with Crippen molar-refractivity contribution in [2.24, 2.45) is 5.92 Å². The van der Waals surface area contributed by atoms with Crippen molar-refractivity contribution in [2.75, 3.05) is 0 Å². The van der Waals surface area contributed by atoms with Crippen LogP contribution >= 0.6 is 0 Å². The molecule has 1 N–H and O–H groups in total. The summed E-state index contributed by atoms with van der Waals surface area (Å²) < 4.78 is 38.4. The third-order valence-corrected chi connectivity index (χ3v) is 3.09. The second kappa shape index (κ2) is 5.11. The van der Waals surface area contributed by atoms with Crippen molar-refractivity contribution < 1.29 is 23.1 Å².